The van der Waals surface area contributed by atoms with Gasteiger partial charge in [-0.3, -0.25) is 14.4 Å². The van der Waals surface area contributed by atoms with Crippen molar-refractivity contribution >= 4 is 39.1 Å². The smallest absolute Gasteiger partial charge is 0.221 e. The highest BCUT2D eigenvalue weighted by atomic mass is 79.9. The maximum Gasteiger partial charge on any atom is 0.221 e. The van der Waals surface area contributed by atoms with Crippen LogP contribution >= 0.6 is 15.9 Å². The lowest BCUT2D eigenvalue weighted by Gasteiger charge is -2.20. The van der Waals surface area contributed by atoms with Gasteiger partial charge < -0.3 is 5.32 Å². The zero-order valence-corrected chi connectivity index (χ0v) is 12.7. The Morgan fingerprint density at radius 1 is 1.00 bits per heavy atom. The van der Waals surface area contributed by atoms with Crippen molar-refractivity contribution in [2.75, 3.05) is 5.32 Å². The maximum absolute atomic E-state index is 12.6. The number of ketones is 2. The summed E-state index contributed by atoms with van der Waals surface area (Å²) in [5, 5.41) is 2.61. The Kier molecular flexibility index (Phi) is 3.22. The third-order valence-corrected chi connectivity index (χ3v) is 3.76. The van der Waals surface area contributed by atoms with Gasteiger partial charge in [0.2, 0.25) is 5.91 Å². The SMILES string of the molecule is CC(=O)Nc1cc(Br)cc2c1C(=O)c1ccccc1C2=O. The van der Waals surface area contributed by atoms with Crippen molar-refractivity contribution in [3.63, 3.8) is 0 Å². The molecule has 0 aliphatic heterocycles. The largest absolute Gasteiger partial charge is 0.326 e. The minimum Gasteiger partial charge on any atom is -0.326 e. The number of nitrogens with one attached hydrogen (secondary N) is 1. The number of benzene rings is 2. The third-order valence-electron chi connectivity index (χ3n) is 3.30. The molecule has 4 nitrogen and oxygen atoms in total. The average molecular weight is 344 g/mol. The van der Waals surface area contributed by atoms with Crippen LogP contribution in [0.25, 0.3) is 0 Å². The molecular formula is C16H10BrNO3. The molecule has 0 radical (unpaired) electrons. The van der Waals surface area contributed by atoms with Crippen LogP contribution in [0.3, 0.4) is 0 Å². The standard InChI is InChI=1S/C16H10BrNO3/c1-8(19)18-13-7-9(17)6-12-14(13)16(21)11-5-3-2-4-10(11)15(12)20/h2-7H,1H3,(H,18,19). The second kappa shape index (κ2) is 4.93. The van der Waals surface area contributed by atoms with Crippen molar-refractivity contribution in [1.82, 2.24) is 0 Å². The van der Waals surface area contributed by atoms with Crippen LogP contribution in [-0.2, 0) is 4.79 Å². The molecule has 1 amide bonds. The molecule has 0 saturated heterocycles. The van der Waals surface area contributed by atoms with Crippen molar-refractivity contribution in [2.45, 2.75) is 6.92 Å². The molecule has 1 aliphatic carbocycles. The summed E-state index contributed by atoms with van der Waals surface area (Å²) in [7, 11) is 0. The first-order valence-corrected chi connectivity index (χ1v) is 7.08. The van der Waals surface area contributed by atoms with E-state index in [4.69, 9.17) is 0 Å². The van der Waals surface area contributed by atoms with Gasteiger partial charge in [-0.1, -0.05) is 40.2 Å². The fraction of sp³-hybridized carbons (Fsp3) is 0.0625. The molecule has 2 aromatic rings. The Hall–Kier alpha value is -2.27. The molecule has 0 heterocycles. The van der Waals surface area contributed by atoms with Crippen molar-refractivity contribution in [3.8, 4) is 0 Å². The Morgan fingerprint density at radius 2 is 1.62 bits per heavy atom. The fourth-order valence-electron chi connectivity index (χ4n) is 2.48. The molecular weight excluding hydrogens is 334 g/mol. The summed E-state index contributed by atoms with van der Waals surface area (Å²) in [4.78, 5) is 36.5. The van der Waals surface area contributed by atoms with Gasteiger partial charge in [-0.2, -0.15) is 0 Å². The van der Waals surface area contributed by atoms with E-state index in [0.717, 1.165) is 0 Å². The number of hydrogen-bond donors (Lipinski definition) is 1. The minimum atomic E-state index is -0.297. The van der Waals surface area contributed by atoms with Crippen LogP contribution in [0.1, 0.15) is 38.8 Å². The molecule has 1 N–H and O–H groups in total. The highest BCUT2D eigenvalue weighted by molar-refractivity contribution is 9.10. The first-order valence-electron chi connectivity index (χ1n) is 6.28. The molecule has 0 bridgehead atoms. The van der Waals surface area contributed by atoms with Crippen molar-refractivity contribution in [3.05, 3.63) is 63.1 Å². The average Bonchev–Trinajstić information content (AvgIpc) is 2.43. The van der Waals surface area contributed by atoms with Crippen LogP contribution in [0.4, 0.5) is 5.69 Å². The van der Waals surface area contributed by atoms with E-state index in [-0.39, 0.29) is 23.0 Å². The second-order valence-corrected chi connectivity index (χ2v) is 5.68. The van der Waals surface area contributed by atoms with Crippen molar-refractivity contribution in [1.29, 1.82) is 0 Å². The third kappa shape index (κ3) is 2.19. The van der Waals surface area contributed by atoms with Gasteiger partial charge in [-0.15, -0.1) is 0 Å². The number of carbonyl (C=O) groups is 3. The summed E-state index contributed by atoms with van der Waals surface area (Å²) < 4.78 is 0.630. The quantitative estimate of drug-likeness (QED) is 0.737. The van der Waals surface area contributed by atoms with Gasteiger partial charge in [0.1, 0.15) is 0 Å². The number of fused-ring (bicyclic) bond motifs is 2. The second-order valence-electron chi connectivity index (χ2n) is 4.76. The van der Waals surface area contributed by atoms with Gasteiger partial charge in [0.25, 0.3) is 0 Å². The number of carbonyl (C=O) groups excluding carboxylic acids is 3. The summed E-state index contributed by atoms with van der Waals surface area (Å²) in [6, 6.07) is 9.93. The monoisotopic (exact) mass is 343 g/mol. The van der Waals surface area contributed by atoms with Gasteiger partial charge in [-0.05, 0) is 12.1 Å². The van der Waals surface area contributed by atoms with E-state index in [2.05, 4.69) is 21.2 Å². The van der Waals surface area contributed by atoms with Crippen LogP contribution in [0.2, 0.25) is 0 Å². The summed E-state index contributed by atoms with van der Waals surface area (Å²) in [5.74, 6) is -0.765. The topological polar surface area (TPSA) is 63.2 Å². The number of amides is 1. The number of rotatable bonds is 1. The molecule has 2 aromatic carbocycles. The summed E-state index contributed by atoms with van der Waals surface area (Å²) in [6.07, 6.45) is 0. The molecule has 0 saturated carbocycles. The molecule has 1 aliphatic rings. The predicted molar refractivity (Wildman–Crippen MR) is 81.8 cm³/mol. The summed E-state index contributed by atoms with van der Waals surface area (Å²) in [5.41, 5.74) is 1.65. The normalized spacial score (nSPS) is 12.7. The molecule has 0 atom stereocenters. The van der Waals surface area contributed by atoms with Gasteiger partial charge in [0.05, 0.1) is 11.3 Å². The van der Waals surface area contributed by atoms with E-state index in [1.54, 1.807) is 36.4 Å². The van der Waals surface area contributed by atoms with Crippen LogP contribution in [0, 0.1) is 0 Å². The summed E-state index contributed by atoms with van der Waals surface area (Å²) >= 11 is 3.30. The molecule has 0 spiro atoms. The zero-order valence-electron chi connectivity index (χ0n) is 11.1. The molecule has 0 fully saturated rings. The zero-order chi connectivity index (χ0) is 15.1. The van der Waals surface area contributed by atoms with E-state index in [1.807, 2.05) is 0 Å². The lowest BCUT2D eigenvalue weighted by atomic mass is 9.83. The lowest BCUT2D eigenvalue weighted by molar-refractivity contribution is -0.114. The first kappa shape index (κ1) is 13.7. The van der Waals surface area contributed by atoms with E-state index < -0.39 is 0 Å². The van der Waals surface area contributed by atoms with E-state index in [0.29, 0.717) is 26.9 Å². The van der Waals surface area contributed by atoms with Crippen LogP contribution in [0.5, 0.6) is 0 Å². The maximum atomic E-state index is 12.6. The number of anilines is 1. The number of hydrogen-bond acceptors (Lipinski definition) is 3. The van der Waals surface area contributed by atoms with Gasteiger partial charge in [0, 0.05) is 28.1 Å². The predicted octanol–water partition coefficient (Wildman–Crippen LogP) is 3.18. The van der Waals surface area contributed by atoms with Crippen LogP contribution in [0.15, 0.2) is 40.9 Å². The van der Waals surface area contributed by atoms with E-state index >= 15 is 0 Å². The van der Waals surface area contributed by atoms with Gasteiger partial charge in [-0.25, -0.2) is 0 Å². The Labute approximate surface area is 129 Å². The lowest BCUT2D eigenvalue weighted by Crippen LogP contribution is -2.23. The highest BCUT2D eigenvalue weighted by Gasteiger charge is 2.32. The molecule has 3 rings (SSSR count). The first-order chi connectivity index (χ1) is 9.99. The fourth-order valence-corrected chi connectivity index (χ4v) is 2.94. The van der Waals surface area contributed by atoms with E-state index in [1.165, 1.54) is 6.92 Å². The molecule has 0 aromatic heterocycles. The number of halogens is 1. The van der Waals surface area contributed by atoms with E-state index in [9.17, 15) is 14.4 Å². The Balaban J connectivity index is 2.29. The molecule has 5 heteroatoms. The molecule has 0 unspecified atom stereocenters. The van der Waals surface area contributed by atoms with Crippen LogP contribution in [-0.4, -0.2) is 17.5 Å². The molecule has 21 heavy (non-hydrogen) atoms. The Bertz CT molecular complexity index is 811. The van der Waals surface area contributed by atoms with Crippen molar-refractivity contribution < 1.29 is 14.4 Å². The van der Waals surface area contributed by atoms with Gasteiger partial charge in [0.15, 0.2) is 11.6 Å². The highest BCUT2D eigenvalue weighted by Crippen LogP contribution is 2.34. The van der Waals surface area contributed by atoms with Gasteiger partial charge >= 0.3 is 0 Å². The molecule has 104 valence electrons. The van der Waals surface area contributed by atoms with Crippen LogP contribution < -0.4 is 5.32 Å². The van der Waals surface area contributed by atoms with Crippen molar-refractivity contribution in [2.24, 2.45) is 0 Å². The summed E-state index contributed by atoms with van der Waals surface area (Å²) in [6.45, 7) is 1.36. The minimum absolute atomic E-state index is 0.215. The Morgan fingerprint density at radius 3 is 2.24 bits per heavy atom.